The number of carbonyl (C=O) groups is 3. The molecule has 17 nitrogen and oxygen atoms in total. The predicted octanol–water partition coefficient (Wildman–Crippen LogP) is 5.05. The van der Waals surface area contributed by atoms with Crippen molar-refractivity contribution in [1.29, 1.82) is 0 Å². The van der Waals surface area contributed by atoms with Crippen LogP contribution in [0.5, 0.6) is 0 Å². The molecule has 66 heavy (non-hydrogen) atoms. The largest absolute Gasteiger partial charge is 0.445 e. The molecular formula is C49H69N3O14. The maximum atomic E-state index is 13.2. The van der Waals surface area contributed by atoms with E-state index in [2.05, 4.69) is 16.0 Å². The van der Waals surface area contributed by atoms with E-state index >= 15 is 0 Å². The molecule has 0 bridgehead atoms. The van der Waals surface area contributed by atoms with E-state index in [0.29, 0.717) is 25.7 Å². The van der Waals surface area contributed by atoms with E-state index in [1.54, 1.807) is 12.2 Å². The van der Waals surface area contributed by atoms with Crippen LogP contribution in [0.4, 0.5) is 9.59 Å². The number of carbonyl (C=O) groups excluding carboxylic acids is 3. The summed E-state index contributed by atoms with van der Waals surface area (Å²) in [7, 11) is 0. The number of rotatable bonds is 20. The Morgan fingerprint density at radius 2 is 1.17 bits per heavy atom. The van der Waals surface area contributed by atoms with Gasteiger partial charge in [-0.2, -0.15) is 0 Å². The van der Waals surface area contributed by atoms with Gasteiger partial charge in [-0.1, -0.05) is 132 Å². The molecule has 364 valence electrons. The minimum atomic E-state index is -1.43. The summed E-state index contributed by atoms with van der Waals surface area (Å²) in [6, 6.07) is 16.0. The normalized spacial score (nSPS) is 33.4. The van der Waals surface area contributed by atoms with Crippen LogP contribution in [-0.2, 0) is 55.9 Å². The number of hydrogen-bond donors (Lipinski definition) is 6. The second kappa shape index (κ2) is 25.1. The van der Waals surface area contributed by atoms with E-state index in [0.717, 1.165) is 17.5 Å². The highest BCUT2D eigenvalue weighted by Gasteiger charge is 2.53. The molecule has 1 saturated carbocycles. The van der Waals surface area contributed by atoms with Crippen molar-refractivity contribution >= 4 is 18.1 Å². The second-order valence-electron chi connectivity index (χ2n) is 17.4. The van der Waals surface area contributed by atoms with E-state index in [4.69, 9.17) is 37.9 Å². The molecule has 17 heteroatoms. The number of aliphatic hydroxyl groups is 3. The molecule has 3 heterocycles. The lowest BCUT2D eigenvalue weighted by atomic mass is 9.80. The van der Waals surface area contributed by atoms with Crippen LogP contribution in [0.2, 0.25) is 0 Å². The Morgan fingerprint density at radius 3 is 1.67 bits per heavy atom. The molecule has 4 aliphatic rings. The maximum absolute atomic E-state index is 13.2. The van der Waals surface area contributed by atoms with Crippen molar-refractivity contribution in [2.75, 3.05) is 0 Å². The summed E-state index contributed by atoms with van der Waals surface area (Å²) < 4.78 is 49.7. The van der Waals surface area contributed by atoms with E-state index in [1.807, 2.05) is 107 Å². The summed E-state index contributed by atoms with van der Waals surface area (Å²) in [6.07, 6.45) is -2.94. The minimum absolute atomic E-state index is 0.0451. The van der Waals surface area contributed by atoms with Gasteiger partial charge in [-0.15, -0.1) is 0 Å². The van der Waals surface area contributed by atoms with Crippen molar-refractivity contribution in [2.24, 2.45) is 5.92 Å². The van der Waals surface area contributed by atoms with E-state index in [-0.39, 0.29) is 38.3 Å². The topological polar surface area (TPSA) is 222 Å². The summed E-state index contributed by atoms with van der Waals surface area (Å²) in [4.78, 5) is 39.3. The molecule has 3 amide bonds. The molecule has 2 fully saturated rings. The van der Waals surface area contributed by atoms with Crippen molar-refractivity contribution in [3.8, 4) is 0 Å². The Hall–Kier alpha value is -4.43. The summed E-state index contributed by atoms with van der Waals surface area (Å²) >= 11 is 0. The molecule has 1 aliphatic carbocycles. The number of aliphatic hydroxyl groups excluding tert-OH is 3. The molecule has 0 aromatic heterocycles. The van der Waals surface area contributed by atoms with E-state index in [9.17, 15) is 29.7 Å². The molecular weight excluding hydrogens is 855 g/mol. The first-order chi connectivity index (χ1) is 31.9. The van der Waals surface area contributed by atoms with Crippen molar-refractivity contribution in [1.82, 2.24) is 16.0 Å². The van der Waals surface area contributed by atoms with Gasteiger partial charge in [0.15, 0.2) is 18.9 Å². The van der Waals surface area contributed by atoms with Crippen LogP contribution in [0.15, 0.2) is 85.0 Å². The van der Waals surface area contributed by atoms with Gasteiger partial charge < -0.3 is 69.2 Å². The third-order valence-electron chi connectivity index (χ3n) is 12.4. The Labute approximate surface area is 387 Å². The fraction of sp³-hybridized carbons (Fsp3) is 0.612. The maximum Gasteiger partial charge on any atom is 0.408 e. The molecule has 2 aromatic carbocycles. The first-order valence-electron chi connectivity index (χ1n) is 23.5. The van der Waals surface area contributed by atoms with E-state index in [1.165, 1.54) is 0 Å². The van der Waals surface area contributed by atoms with Gasteiger partial charge in [-0.25, -0.2) is 9.59 Å². The lowest BCUT2D eigenvalue weighted by Crippen LogP contribution is -2.63. The highest BCUT2D eigenvalue weighted by Crippen LogP contribution is 2.37. The monoisotopic (exact) mass is 923 g/mol. The SMILES string of the molecule is CCCCC(O)C(=O)NC1CC(C)C(OC2OC(CC)C=CC2NC(=O)OCc2ccccc2)C(OC2OC(CC)C(OC3OC(CC)C=CC3NC(=O)OCc3ccccc3)C2O)C1O. The molecule has 0 spiro atoms. The fourth-order valence-electron chi connectivity index (χ4n) is 8.53. The minimum Gasteiger partial charge on any atom is -0.445 e. The first-order valence-corrected chi connectivity index (χ1v) is 23.5. The van der Waals surface area contributed by atoms with Gasteiger partial charge in [0, 0.05) is 0 Å². The summed E-state index contributed by atoms with van der Waals surface area (Å²) in [6.45, 7) is 9.69. The number of alkyl carbamates (subject to hydrolysis) is 2. The average Bonchev–Trinajstić information content (AvgIpc) is 3.63. The molecule has 2 aromatic rings. The van der Waals surface area contributed by atoms with Gasteiger partial charge in [0.25, 0.3) is 0 Å². The van der Waals surface area contributed by atoms with Crippen LogP contribution in [0.3, 0.4) is 0 Å². The van der Waals surface area contributed by atoms with Gasteiger partial charge in [-0.05, 0) is 49.1 Å². The van der Waals surface area contributed by atoms with Crippen molar-refractivity contribution in [3.63, 3.8) is 0 Å². The third kappa shape index (κ3) is 13.8. The standard InChI is InChI=1S/C49H69N3O14/c1-6-10-21-37(53)44(56)50-36-26-29(5)41(64-45-34(24-22-32(7-2)61-45)51-48(57)59-27-30-17-13-11-14-18-30)43(39(36)54)66-47-40(55)42(38(9-4)63-47)65-46-35(25-23-33(8-3)62-46)52-49(58)60-28-31-19-15-12-16-20-31/h11-20,22-25,29,32-43,45-47,53-55H,6-10,21,26-28H2,1-5H3,(H,50,56)(H,51,57)(H,52,58). The summed E-state index contributed by atoms with van der Waals surface area (Å²) in [5.74, 6) is -1.05. The Kier molecular flexibility index (Phi) is 19.4. The Bertz CT molecular complexity index is 1870. The van der Waals surface area contributed by atoms with E-state index < -0.39 is 104 Å². The van der Waals surface area contributed by atoms with Crippen LogP contribution < -0.4 is 16.0 Å². The van der Waals surface area contributed by atoms with Crippen molar-refractivity contribution in [2.45, 2.75) is 185 Å². The fourth-order valence-corrected chi connectivity index (χ4v) is 8.53. The zero-order chi connectivity index (χ0) is 47.2. The molecule has 3 aliphatic heterocycles. The van der Waals surface area contributed by atoms with Crippen LogP contribution in [0.25, 0.3) is 0 Å². The highest BCUT2D eigenvalue weighted by atomic mass is 16.8. The summed E-state index contributed by atoms with van der Waals surface area (Å²) in [5, 5.41) is 43.2. The Morgan fingerprint density at radius 1 is 0.652 bits per heavy atom. The van der Waals surface area contributed by atoms with Crippen LogP contribution in [0, 0.1) is 5.92 Å². The Balaban J connectivity index is 1.19. The average molecular weight is 924 g/mol. The number of nitrogens with one attached hydrogen (secondary N) is 3. The quantitative estimate of drug-likeness (QED) is 0.0958. The second-order valence-corrected chi connectivity index (χ2v) is 17.4. The lowest BCUT2D eigenvalue weighted by molar-refractivity contribution is -0.287. The van der Waals surface area contributed by atoms with Crippen molar-refractivity contribution < 1.29 is 67.6 Å². The van der Waals surface area contributed by atoms with Gasteiger partial charge in [0.2, 0.25) is 5.91 Å². The highest BCUT2D eigenvalue weighted by molar-refractivity contribution is 5.80. The van der Waals surface area contributed by atoms with Crippen LogP contribution >= 0.6 is 0 Å². The van der Waals surface area contributed by atoms with Gasteiger partial charge >= 0.3 is 12.2 Å². The lowest BCUT2D eigenvalue weighted by Gasteiger charge is -2.46. The number of unbranched alkanes of at least 4 members (excludes halogenated alkanes) is 1. The van der Waals surface area contributed by atoms with Gasteiger partial charge in [0.05, 0.1) is 30.5 Å². The van der Waals surface area contributed by atoms with Gasteiger partial charge in [0.1, 0.15) is 55.8 Å². The van der Waals surface area contributed by atoms with Crippen molar-refractivity contribution in [3.05, 3.63) is 96.1 Å². The van der Waals surface area contributed by atoms with Crippen LogP contribution in [0.1, 0.15) is 90.7 Å². The van der Waals surface area contributed by atoms with Crippen LogP contribution in [-0.4, -0.2) is 125 Å². The molecule has 1 saturated heterocycles. The molecule has 16 unspecified atom stereocenters. The zero-order valence-electron chi connectivity index (χ0n) is 38.5. The number of hydrogen-bond acceptors (Lipinski definition) is 14. The predicted molar refractivity (Wildman–Crippen MR) is 240 cm³/mol. The molecule has 6 N–H and O–H groups in total. The smallest absolute Gasteiger partial charge is 0.408 e. The number of benzene rings is 2. The number of amides is 3. The third-order valence-corrected chi connectivity index (χ3v) is 12.4. The molecule has 6 rings (SSSR count). The summed E-state index contributed by atoms with van der Waals surface area (Å²) in [5.41, 5.74) is 1.63. The molecule has 0 radical (unpaired) electrons. The first kappa shape index (κ1) is 51.0. The molecule has 16 atom stereocenters. The van der Waals surface area contributed by atoms with Gasteiger partial charge in [-0.3, -0.25) is 4.79 Å². The zero-order valence-corrected chi connectivity index (χ0v) is 38.5. The number of ether oxygens (including phenoxy) is 8.